The fourth-order valence-electron chi connectivity index (χ4n) is 0.141. The molecule has 0 aromatic heterocycles. The van der Waals surface area contributed by atoms with Crippen molar-refractivity contribution in [2.24, 2.45) is 11.5 Å². The highest BCUT2D eigenvalue weighted by Crippen LogP contribution is 1.71. The van der Waals surface area contributed by atoms with Crippen LogP contribution < -0.4 is 11.5 Å². The van der Waals surface area contributed by atoms with E-state index in [1.54, 1.807) is 6.08 Å². The van der Waals surface area contributed by atoms with Gasteiger partial charge in [0.05, 0.1) is 0 Å². The van der Waals surface area contributed by atoms with Crippen LogP contribution in [-0.4, -0.2) is 22.1 Å². The molecule has 0 radical (unpaired) electrons. The average molecular weight is 226 g/mol. The smallest absolute Gasteiger partial charge is 0.254 e. The lowest BCUT2D eigenvalue weighted by Gasteiger charge is -1.94. The molecule has 0 unspecified atom stereocenters. The summed E-state index contributed by atoms with van der Waals surface area (Å²) in [6.45, 7) is 3.79. The molecule has 0 saturated carbocycles. The predicted molar refractivity (Wildman–Crippen MR) is 65.8 cm³/mol. The first-order valence-corrected chi connectivity index (χ1v) is 3.33. The molecule has 80 valence electrons. The molecule has 0 atom stereocenters. The lowest BCUT2D eigenvalue weighted by molar-refractivity contribution is 0.355. The monoisotopic (exact) mass is 226 g/mol. The Morgan fingerprint density at radius 3 is 1.77 bits per heavy atom. The molecular weight excluding hydrogens is 208 g/mol. The van der Waals surface area contributed by atoms with E-state index in [-0.39, 0.29) is 20.0 Å². The maximum absolute atomic E-state index is 7.56. The van der Waals surface area contributed by atoms with Gasteiger partial charge >= 0.3 is 0 Å². The second-order valence-electron chi connectivity index (χ2n) is 1.26. The maximum Gasteiger partial charge on any atom is 0.254 e. The summed E-state index contributed by atoms with van der Waals surface area (Å²) < 4.78 is 4.58. The van der Waals surface area contributed by atoms with E-state index in [2.05, 4.69) is 41.5 Å². The van der Waals surface area contributed by atoms with Crippen molar-refractivity contribution < 1.29 is 9.84 Å². The van der Waals surface area contributed by atoms with Gasteiger partial charge in [0, 0.05) is 0 Å². The van der Waals surface area contributed by atoms with Gasteiger partial charge in [-0.05, 0) is 24.4 Å². The Labute approximate surface area is 90.6 Å². The molecule has 5 N–H and O–H groups in total. The lowest BCUT2D eigenvalue weighted by Crippen LogP contribution is -2.11. The molecule has 0 aliphatic heterocycles. The number of hydrogen-bond acceptors (Lipinski definition) is 3. The van der Waals surface area contributed by atoms with E-state index < -0.39 is 5.17 Å². The number of ether oxygens (including phenoxy) is 1. The quantitative estimate of drug-likeness (QED) is 0.489. The van der Waals surface area contributed by atoms with E-state index in [0.717, 1.165) is 0 Å². The second kappa shape index (κ2) is 17.3. The maximum atomic E-state index is 7.56. The van der Waals surface area contributed by atoms with Gasteiger partial charge in [0.2, 0.25) is 0 Å². The third-order valence-corrected chi connectivity index (χ3v) is 0.461. The van der Waals surface area contributed by atoms with Crippen LogP contribution in [-0.2, 0) is 4.74 Å². The Bertz CT molecular complexity index is 147. The molecule has 6 heteroatoms. The van der Waals surface area contributed by atoms with Crippen molar-refractivity contribution in [1.29, 1.82) is 0 Å². The molecule has 0 aliphatic carbocycles. The molecule has 0 fully saturated rings. The Morgan fingerprint density at radius 2 is 1.69 bits per heavy atom. The molecule has 0 bridgehead atoms. The number of nitrogens with two attached hydrogens (primary N) is 2. The Hall–Kier alpha value is -0.880. The standard InChI is InChI=1S/C4H7NOS.CH3NOS.2CH4/c1-2-3-6-4(5)7;2-1(3)4;;/h2H,1,3H2,(H2,5,7);(H3,2,3,4);2*1H4. The molecule has 0 saturated heterocycles. The molecule has 4 nitrogen and oxygen atoms in total. The van der Waals surface area contributed by atoms with Crippen molar-refractivity contribution in [2.75, 3.05) is 6.61 Å². The minimum Gasteiger partial charge on any atom is -0.487 e. The molecule has 0 aromatic carbocycles. The summed E-state index contributed by atoms with van der Waals surface area (Å²) in [4.78, 5) is 0. The van der Waals surface area contributed by atoms with Crippen LogP contribution in [0.5, 0.6) is 0 Å². The topological polar surface area (TPSA) is 81.5 Å². The minimum absolute atomic E-state index is 0. The van der Waals surface area contributed by atoms with Crippen LogP contribution in [0, 0.1) is 0 Å². The number of aliphatic hydroxyl groups is 1. The van der Waals surface area contributed by atoms with Gasteiger partial charge in [0.1, 0.15) is 6.61 Å². The van der Waals surface area contributed by atoms with Gasteiger partial charge < -0.3 is 21.3 Å². The summed E-state index contributed by atoms with van der Waals surface area (Å²) >= 11 is 8.24. The number of hydrogen-bond donors (Lipinski definition) is 3. The molecule has 0 heterocycles. The van der Waals surface area contributed by atoms with Gasteiger partial charge in [-0.25, -0.2) is 0 Å². The van der Waals surface area contributed by atoms with Crippen molar-refractivity contribution in [1.82, 2.24) is 0 Å². The first-order chi connectivity index (χ1) is 5.00. The van der Waals surface area contributed by atoms with Crippen LogP contribution >= 0.6 is 24.4 Å². The van der Waals surface area contributed by atoms with Crippen LogP contribution in [0.15, 0.2) is 12.7 Å². The Morgan fingerprint density at radius 1 is 1.38 bits per heavy atom. The lowest BCUT2D eigenvalue weighted by atomic mass is 10.7. The van der Waals surface area contributed by atoms with Gasteiger partial charge in [0.15, 0.2) is 0 Å². The SMILES string of the molecule is C.C.C=CCOC(N)=S.NC(O)=S. The summed E-state index contributed by atoms with van der Waals surface area (Å²) in [6, 6.07) is 0. The summed E-state index contributed by atoms with van der Waals surface area (Å²) in [5.41, 5.74) is 9.34. The highest BCUT2D eigenvalue weighted by atomic mass is 32.1. The van der Waals surface area contributed by atoms with Gasteiger partial charge in [-0.3, -0.25) is 0 Å². The zero-order valence-corrected chi connectivity index (χ0v) is 7.45. The van der Waals surface area contributed by atoms with Crippen molar-refractivity contribution in [3.8, 4) is 0 Å². The third kappa shape index (κ3) is 95.0. The molecule has 0 aliphatic rings. The van der Waals surface area contributed by atoms with E-state index >= 15 is 0 Å². The number of rotatable bonds is 2. The van der Waals surface area contributed by atoms with E-state index in [0.29, 0.717) is 6.61 Å². The second-order valence-corrected chi connectivity index (χ2v) is 2.08. The van der Waals surface area contributed by atoms with Crippen LogP contribution in [0.25, 0.3) is 0 Å². The zero-order chi connectivity index (χ0) is 9.28. The van der Waals surface area contributed by atoms with Gasteiger partial charge in [0.25, 0.3) is 10.3 Å². The third-order valence-electron chi connectivity index (χ3n) is 0.343. The molecule has 0 aromatic rings. The molecule has 0 amide bonds. The van der Waals surface area contributed by atoms with Crippen LogP contribution in [0.3, 0.4) is 0 Å². The Balaban J connectivity index is -0.0000000600. The molecule has 13 heavy (non-hydrogen) atoms. The van der Waals surface area contributed by atoms with Gasteiger partial charge in [-0.2, -0.15) is 0 Å². The summed E-state index contributed by atoms with van der Waals surface area (Å²) in [7, 11) is 0. The summed E-state index contributed by atoms with van der Waals surface area (Å²) in [5.74, 6) is 0. The predicted octanol–water partition coefficient (Wildman–Crippen LogP) is 1.49. The van der Waals surface area contributed by atoms with Crippen molar-refractivity contribution >= 4 is 34.8 Å². The van der Waals surface area contributed by atoms with E-state index in [9.17, 15) is 0 Å². The number of thiocarbonyl (C=S) groups is 2. The largest absolute Gasteiger partial charge is 0.487 e. The Kier molecular flexibility index (Phi) is 30.2. The van der Waals surface area contributed by atoms with E-state index in [1.165, 1.54) is 0 Å². The summed E-state index contributed by atoms with van der Waals surface area (Å²) in [6.07, 6.45) is 1.58. The molecular formula is C7H18N2O2S2. The number of aliphatic hydroxyl groups excluding tert-OH is 1. The van der Waals surface area contributed by atoms with Crippen LogP contribution in [0.1, 0.15) is 14.9 Å². The van der Waals surface area contributed by atoms with Crippen molar-refractivity contribution in [3.05, 3.63) is 12.7 Å². The van der Waals surface area contributed by atoms with Crippen molar-refractivity contribution in [3.63, 3.8) is 0 Å². The highest BCUT2D eigenvalue weighted by molar-refractivity contribution is 7.80. The fraction of sp³-hybridized carbons (Fsp3) is 0.429. The van der Waals surface area contributed by atoms with E-state index in [4.69, 9.17) is 10.8 Å². The molecule has 0 spiro atoms. The van der Waals surface area contributed by atoms with Crippen LogP contribution in [0.2, 0.25) is 0 Å². The average Bonchev–Trinajstić information content (AvgIpc) is 1.82. The van der Waals surface area contributed by atoms with Crippen LogP contribution in [0.4, 0.5) is 0 Å². The normalized spacial score (nSPS) is 5.85. The first kappa shape index (κ1) is 22.7. The fourth-order valence-corrected chi connectivity index (χ4v) is 0.209. The van der Waals surface area contributed by atoms with Gasteiger partial charge in [-0.1, -0.05) is 27.5 Å². The van der Waals surface area contributed by atoms with Gasteiger partial charge in [-0.15, -0.1) is 0 Å². The highest BCUT2D eigenvalue weighted by Gasteiger charge is 1.78. The first-order valence-electron chi connectivity index (χ1n) is 2.52. The molecule has 0 rings (SSSR count). The van der Waals surface area contributed by atoms with Crippen molar-refractivity contribution in [2.45, 2.75) is 14.9 Å². The summed E-state index contributed by atoms with van der Waals surface area (Å²) in [5, 5.41) is 7.13. The van der Waals surface area contributed by atoms with E-state index in [1.807, 2.05) is 0 Å². The zero-order valence-electron chi connectivity index (χ0n) is 5.82. The minimum atomic E-state index is -0.500.